The highest BCUT2D eigenvalue weighted by Crippen LogP contribution is 2.24. The third-order valence-electron chi connectivity index (χ3n) is 2.35. The first-order valence-corrected chi connectivity index (χ1v) is 5.54. The average molecular weight is 208 g/mol. The van der Waals surface area contributed by atoms with Gasteiger partial charge in [0.1, 0.15) is 6.04 Å². The smallest absolute Gasteiger partial charge is 0.133 e. The van der Waals surface area contributed by atoms with Crippen LogP contribution >= 0.6 is 11.3 Å². The van der Waals surface area contributed by atoms with Crippen LogP contribution in [0.25, 0.3) is 0 Å². The molecule has 0 spiro atoms. The van der Waals surface area contributed by atoms with Crippen molar-refractivity contribution in [2.75, 3.05) is 26.3 Å². The first kappa shape index (κ1) is 9.66. The molecule has 0 aromatic carbocycles. The van der Waals surface area contributed by atoms with Crippen LogP contribution in [0.2, 0.25) is 0 Å². The van der Waals surface area contributed by atoms with Gasteiger partial charge < -0.3 is 4.74 Å². The van der Waals surface area contributed by atoms with Crippen molar-refractivity contribution in [1.82, 2.24) is 4.90 Å². The van der Waals surface area contributed by atoms with Crippen molar-refractivity contribution in [3.8, 4) is 6.07 Å². The van der Waals surface area contributed by atoms with Crippen LogP contribution in [0.3, 0.4) is 0 Å². The molecule has 14 heavy (non-hydrogen) atoms. The summed E-state index contributed by atoms with van der Waals surface area (Å²) in [6.07, 6.45) is 0. The molecule has 0 bridgehead atoms. The predicted molar refractivity (Wildman–Crippen MR) is 55.1 cm³/mol. The van der Waals surface area contributed by atoms with E-state index in [1.165, 1.54) is 0 Å². The summed E-state index contributed by atoms with van der Waals surface area (Å²) in [7, 11) is 0. The van der Waals surface area contributed by atoms with E-state index in [1.807, 2.05) is 17.5 Å². The zero-order valence-corrected chi connectivity index (χ0v) is 8.67. The number of ether oxygens (including phenoxy) is 1. The van der Waals surface area contributed by atoms with E-state index in [0.29, 0.717) is 0 Å². The average Bonchev–Trinajstić information content (AvgIpc) is 2.74. The molecule has 74 valence electrons. The summed E-state index contributed by atoms with van der Waals surface area (Å²) in [5.74, 6) is 0. The lowest BCUT2D eigenvalue weighted by Gasteiger charge is -2.29. The van der Waals surface area contributed by atoms with Crippen molar-refractivity contribution in [2.45, 2.75) is 6.04 Å². The van der Waals surface area contributed by atoms with Crippen LogP contribution in [0.15, 0.2) is 17.5 Å². The Morgan fingerprint density at radius 1 is 1.50 bits per heavy atom. The molecule has 1 aliphatic heterocycles. The van der Waals surface area contributed by atoms with Gasteiger partial charge in [-0.2, -0.15) is 5.26 Å². The van der Waals surface area contributed by atoms with Gasteiger partial charge in [0, 0.05) is 18.0 Å². The fraction of sp³-hybridized carbons (Fsp3) is 0.500. The first-order chi connectivity index (χ1) is 6.92. The fourth-order valence-corrected chi connectivity index (χ4v) is 2.41. The molecule has 1 saturated heterocycles. The van der Waals surface area contributed by atoms with Crippen LogP contribution in [0.4, 0.5) is 0 Å². The van der Waals surface area contributed by atoms with E-state index >= 15 is 0 Å². The number of thiophene rings is 1. The van der Waals surface area contributed by atoms with Gasteiger partial charge in [0.25, 0.3) is 0 Å². The number of nitriles is 1. The van der Waals surface area contributed by atoms with Crippen molar-refractivity contribution in [3.63, 3.8) is 0 Å². The first-order valence-electron chi connectivity index (χ1n) is 4.66. The van der Waals surface area contributed by atoms with E-state index in [0.717, 1.165) is 31.2 Å². The molecule has 1 aromatic rings. The third-order valence-corrected chi connectivity index (χ3v) is 3.27. The highest BCUT2D eigenvalue weighted by atomic mass is 32.1. The standard InChI is InChI=1S/C10H12N2OS/c11-8-9(10-2-1-7-14-10)12-3-5-13-6-4-12/h1-2,7,9H,3-6H2/t9-/m0/s1. The van der Waals surface area contributed by atoms with Gasteiger partial charge in [-0.25, -0.2) is 0 Å². The van der Waals surface area contributed by atoms with E-state index in [-0.39, 0.29) is 6.04 Å². The van der Waals surface area contributed by atoms with Crippen molar-refractivity contribution < 1.29 is 4.74 Å². The number of hydrogen-bond acceptors (Lipinski definition) is 4. The van der Waals surface area contributed by atoms with Gasteiger partial charge in [-0.15, -0.1) is 11.3 Å². The van der Waals surface area contributed by atoms with Gasteiger partial charge >= 0.3 is 0 Å². The zero-order valence-electron chi connectivity index (χ0n) is 7.85. The Bertz CT molecular complexity index is 311. The second kappa shape index (κ2) is 4.56. The molecule has 1 aliphatic rings. The predicted octanol–water partition coefficient (Wildman–Crippen LogP) is 1.64. The van der Waals surface area contributed by atoms with Crippen LogP contribution < -0.4 is 0 Å². The Kier molecular flexibility index (Phi) is 3.14. The lowest BCUT2D eigenvalue weighted by atomic mass is 10.2. The molecule has 0 saturated carbocycles. The largest absolute Gasteiger partial charge is 0.379 e. The van der Waals surface area contributed by atoms with Crippen molar-refractivity contribution in [1.29, 1.82) is 5.26 Å². The third kappa shape index (κ3) is 1.95. The van der Waals surface area contributed by atoms with E-state index in [4.69, 9.17) is 10.00 Å². The summed E-state index contributed by atoms with van der Waals surface area (Å²) < 4.78 is 5.26. The van der Waals surface area contributed by atoms with Crippen molar-refractivity contribution in [2.24, 2.45) is 0 Å². The number of rotatable bonds is 2. The number of hydrogen-bond donors (Lipinski definition) is 0. The Labute approximate surface area is 87.5 Å². The lowest BCUT2D eigenvalue weighted by Crippen LogP contribution is -2.38. The summed E-state index contributed by atoms with van der Waals surface area (Å²) in [5, 5.41) is 11.1. The molecule has 0 radical (unpaired) electrons. The molecule has 1 atom stereocenters. The molecule has 4 heteroatoms. The van der Waals surface area contributed by atoms with Gasteiger partial charge in [-0.3, -0.25) is 4.90 Å². The maximum atomic E-state index is 9.12. The summed E-state index contributed by atoms with van der Waals surface area (Å²) in [6, 6.07) is 6.28. The van der Waals surface area contributed by atoms with Crippen LogP contribution in [-0.4, -0.2) is 31.2 Å². The number of nitrogens with zero attached hydrogens (tertiary/aromatic N) is 2. The molecular weight excluding hydrogens is 196 g/mol. The monoisotopic (exact) mass is 208 g/mol. The summed E-state index contributed by atoms with van der Waals surface area (Å²) in [4.78, 5) is 3.31. The van der Waals surface area contributed by atoms with Gasteiger partial charge in [0.05, 0.1) is 19.3 Å². The molecule has 0 aliphatic carbocycles. The SMILES string of the molecule is N#C[C@@H](c1cccs1)N1CCOCC1. The minimum Gasteiger partial charge on any atom is -0.379 e. The zero-order chi connectivity index (χ0) is 9.80. The van der Waals surface area contributed by atoms with Gasteiger partial charge in [-0.05, 0) is 11.4 Å². The maximum absolute atomic E-state index is 9.12. The highest BCUT2D eigenvalue weighted by molar-refractivity contribution is 7.10. The Morgan fingerprint density at radius 3 is 2.86 bits per heavy atom. The maximum Gasteiger partial charge on any atom is 0.133 e. The minimum atomic E-state index is -0.0844. The number of morpholine rings is 1. The van der Waals surface area contributed by atoms with Gasteiger partial charge in [0.15, 0.2) is 0 Å². The van der Waals surface area contributed by atoms with Crippen LogP contribution in [-0.2, 0) is 4.74 Å². The van der Waals surface area contributed by atoms with Crippen LogP contribution in [0.1, 0.15) is 10.9 Å². The van der Waals surface area contributed by atoms with E-state index < -0.39 is 0 Å². The molecule has 2 heterocycles. The van der Waals surface area contributed by atoms with Gasteiger partial charge in [-0.1, -0.05) is 6.07 Å². The van der Waals surface area contributed by atoms with Gasteiger partial charge in [0.2, 0.25) is 0 Å². The van der Waals surface area contributed by atoms with Crippen LogP contribution in [0.5, 0.6) is 0 Å². The Balaban J connectivity index is 2.09. The van der Waals surface area contributed by atoms with Crippen molar-refractivity contribution >= 4 is 11.3 Å². The topological polar surface area (TPSA) is 36.3 Å². The van der Waals surface area contributed by atoms with Crippen molar-refractivity contribution in [3.05, 3.63) is 22.4 Å². The Hall–Kier alpha value is -0.890. The molecule has 0 N–H and O–H groups in total. The molecule has 2 rings (SSSR count). The highest BCUT2D eigenvalue weighted by Gasteiger charge is 2.22. The molecule has 1 aromatic heterocycles. The molecule has 0 unspecified atom stereocenters. The normalized spacial score (nSPS) is 20.2. The molecular formula is C10H12N2OS. The summed E-state index contributed by atoms with van der Waals surface area (Å²) in [6.45, 7) is 3.19. The quantitative estimate of drug-likeness (QED) is 0.741. The minimum absolute atomic E-state index is 0.0844. The summed E-state index contributed by atoms with van der Waals surface area (Å²) in [5.41, 5.74) is 0. The fourth-order valence-electron chi connectivity index (χ4n) is 1.61. The lowest BCUT2D eigenvalue weighted by molar-refractivity contribution is 0.0272. The van der Waals surface area contributed by atoms with E-state index in [1.54, 1.807) is 11.3 Å². The van der Waals surface area contributed by atoms with E-state index in [9.17, 15) is 0 Å². The molecule has 0 amide bonds. The second-order valence-corrected chi connectivity index (χ2v) is 4.17. The Morgan fingerprint density at radius 2 is 2.29 bits per heavy atom. The second-order valence-electron chi connectivity index (χ2n) is 3.20. The molecule has 1 fully saturated rings. The van der Waals surface area contributed by atoms with E-state index in [2.05, 4.69) is 11.0 Å². The molecule has 3 nitrogen and oxygen atoms in total. The van der Waals surface area contributed by atoms with Crippen LogP contribution in [0, 0.1) is 11.3 Å². The summed E-state index contributed by atoms with van der Waals surface area (Å²) >= 11 is 1.64.